The Bertz CT molecular complexity index is 771. The molecule has 23 heavy (non-hydrogen) atoms. The van der Waals surface area contributed by atoms with E-state index >= 15 is 0 Å². The van der Waals surface area contributed by atoms with Gasteiger partial charge in [0, 0.05) is 19.2 Å². The second kappa shape index (κ2) is 6.12. The van der Waals surface area contributed by atoms with Gasteiger partial charge in [0.25, 0.3) is 11.8 Å². The Labute approximate surface area is 134 Å². The molecule has 1 heterocycles. The number of anilines is 1. The second-order valence-corrected chi connectivity index (χ2v) is 5.53. The highest BCUT2D eigenvalue weighted by Crippen LogP contribution is 2.31. The molecule has 0 radical (unpaired) electrons. The van der Waals surface area contributed by atoms with E-state index in [1.54, 1.807) is 25.2 Å². The smallest absolute Gasteiger partial charge is 0.264 e. The molecule has 0 aromatic heterocycles. The molecule has 2 aromatic rings. The fourth-order valence-corrected chi connectivity index (χ4v) is 2.50. The molecule has 0 unspecified atom stereocenters. The van der Waals surface area contributed by atoms with Crippen LogP contribution in [0.5, 0.6) is 5.75 Å². The molecule has 0 atom stereocenters. The van der Waals surface area contributed by atoms with Crippen LogP contribution in [0, 0.1) is 6.92 Å². The summed E-state index contributed by atoms with van der Waals surface area (Å²) < 4.78 is 5.36. The maximum absolute atomic E-state index is 12.3. The summed E-state index contributed by atoms with van der Waals surface area (Å²) in [6, 6.07) is 13.0. The van der Waals surface area contributed by atoms with Crippen LogP contribution in [0.25, 0.3) is 0 Å². The van der Waals surface area contributed by atoms with Crippen LogP contribution in [-0.4, -0.2) is 25.5 Å². The molecule has 2 aromatic carbocycles. The fraction of sp³-hybridized carbons (Fsp3) is 0.222. The molecule has 1 aliphatic heterocycles. The molecule has 2 amide bonds. The Kier molecular flexibility index (Phi) is 4.02. The van der Waals surface area contributed by atoms with Gasteiger partial charge in [-0.25, -0.2) is 0 Å². The summed E-state index contributed by atoms with van der Waals surface area (Å²) in [6.45, 7) is 2.51. The van der Waals surface area contributed by atoms with Gasteiger partial charge in [-0.05, 0) is 36.2 Å². The summed E-state index contributed by atoms with van der Waals surface area (Å²) in [6.07, 6.45) is 0. The van der Waals surface area contributed by atoms with Crippen molar-refractivity contribution in [1.29, 1.82) is 0 Å². The van der Waals surface area contributed by atoms with Crippen LogP contribution in [0.2, 0.25) is 0 Å². The highest BCUT2D eigenvalue weighted by molar-refractivity contribution is 6.00. The number of nitrogens with zero attached hydrogens (tertiary/aromatic N) is 1. The van der Waals surface area contributed by atoms with Gasteiger partial charge in [-0.1, -0.05) is 24.3 Å². The van der Waals surface area contributed by atoms with E-state index in [0.717, 1.165) is 11.1 Å². The van der Waals surface area contributed by atoms with Crippen LogP contribution in [-0.2, 0) is 11.3 Å². The normalized spacial score (nSPS) is 13.3. The molecule has 0 bridgehead atoms. The number of rotatable bonds is 3. The van der Waals surface area contributed by atoms with E-state index in [4.69, 9.17) is 4.74 Å². The highest BCUT2D eigenvalue weighted by atomic mass is 16.5. The number of likely N-dealkylation sites (N-methyl/N-ethyl adjacent to an activating group) is 1. The average molecular weight is 310 g/mol. The Morgan fingerprint density at radius 3 is 2.83 bits per heavy atom. The van der Waals surface area contributed by atoms with Crippen molar-refractivity contribution in [3.05, 3.63) is 59.2 Å². The lowest BCUT2D eigenvalue weighted by Gasteiger charge is -2.26. The van der Waals surface area contributed by atoms with Crippen molar-refractivity contribution in [3.63, 3.8) is 0 Å². The molecule has 0 spiro atoms. The first-order valence-corrected chi connectivity index (χ1v) is 7.42. The number of hydrogen-bond donors (Lipinski definition) is 1. The van der Waals surface area contributed by atoms with Crippen molar-refractivity contribution in [2.24, 2.45) is 0 Å². The number of ether oxygens (including phenoxy) is 1. The van der Waals surface area contributed by atoms with Crippen LogP contribution in [0.4, 0.5) is 5.69 Å². The minimum Gasteiger partial charge on any atom is -0.482 e. The first-order chi connectivity index (χ1) is 11.1. The van der Waals surface area contributed by atoms with Crippen molar-refractivity contribution in [3.8, 4) is 5.75 Å². The van der Waals surface area contributed by atoms with Crippen LogP contribution < -0.4 is 15.0 Å². The summed E-state index contributed by atoms with van der Waals surface area (Å²) in [5.41, 5.74) is 3.33. The second-order valence-electron chi connectivity index (χ2n) is 5.53. The number of benzene rings is 2. The van der Waals surface area contributed by atoms with Crippen molar-refractivity contribution in [2.45, 2.75) is 13.5 Å². The first kappa shape index (κ1) is 15.1. The lowest BCUT2D eigenvalue weighted by atomic mass is 10.1. The zero-order valence-electron chi connectivity index (χ0n) is 13.1. The minimum atomic E-state index is -0.178. The molecule has 1 aliphatic rings. The predicted octanol–water partition coefficient (Wildman–Crippen LogP) is 2.28. The van der Waals surface area contributed by atoms with E-state index < -0.39 is 0 Å². The van der Waals surface area contributed by atoms with Gasteiger partial charge in [-0.3, -0.25) is 9.59 Å². The van der Waals surface area contributed by atoms with E-state index in [-0.39, 0.29) is 18.4 Å². The minimum absolute atomic E-state index is 0.0301. The zero-order chi connectivity index (χ0) is 16.4. The molecule has 118 valence electrons. The summed E-state index contributed by atoms with van der Waals surface area (Å²) >= 11 is 0. The van der Waals surface area contributed by atoms with E-state index in [0.29, 0.717) is 23.5 Å². The molecule has 0 saturated heterocycles. The topological polar surface area (TPSA) is 58.6 Å². The summed E-state index contributed by atoms with van der Waals surface area (Å²) in [5, 5.41) is 2.91. The summed E-state index contributed by atoms with van der Waals surface area (Å²) in [4.78, 5) is 25.5. The largest absolute Gasteiger partial charge is 0.482 e. The van der Waals surface area contributed by atoms with E-state index in [1.807, 2.05) is 31.2 Å². The lowest BCUT2D eigenvalue weighted by molar-refractivity contribution is -0.120. The van der Waals surface area contributed by atoms with Crippen molar-refractivity contribution in [1.82, 2.24) is 5.32 Å². The fourth-order valence-electron chi connectivity index (χ4n) is 2.50. The van der Waals surface area contributed by atoms with Crippen LogP contribution in [0.3, 0.4) is 0 Å². The summed E-state index contributed by atoms with van der Waals surface area (Å²) in [7, 11) is 1.68. The lowest BCUT2D eigenvalue weighted by Crippen LogP contribution is -2.35. The van der Waals surface area contributed by atoms with Crippen molar-refractivity contribution in [2.75, 3.05) is 18.6 Å². The number of carbonyl (C=O) groups excluding carboxylic acids is 2. The van der Waals surface area contributed by atoms with Crippen molar-refractivity contribution < 1.29 is 14.3 Å². The quantitative estimate of drug-likeness (QED) is 0.946. The molecule has 5 nitrogen and oxygen atoms in total. The van der Waals surface area contributed by atoms with Crippen LogP contribution >= 0.6 is 0 Å². The Balaban J connectivity index is 1.76. The van der Waals surface area contributed by atoms with Gasteiger partial charge < -0.3 is 15.0 Å². The van der Waals surface area contributed by atoms with Gasteiger partial charge in [-0.2, -0.15) is 0 Å². The predicted molar refractivity (Wildman–Crippen MR) is 87.7 cm³/mol. The monoisotopic (exact) mass is 310 g/mol. The maximum atomic E-state index is 12.3. The van der Waals surface area contributed by atoms with Crippen LogP contribution in [0.15, 0.2) is 42.5 Å². The molecule has 3 rings (SSSR count). The molecule has 0 fully saturated rings. The Morgan fingerprint density at radius 1 is 1.26 bits per heavy atom. The van der Waals surface area contributed by atoms with Gasteiger partial charge >= 0.3 is 0 Å². The third kappa shape index (κ3) is 3.04. The SMILES string of the molecule is Cc1ccccc1CNC(=O)c1ccc2c(c1)N(C)C(=O)CO2. The average Bonchev–Trinajstić information content (AvgIpc) is 2.57. The molecule has 1 N–H and O–H groups in total. The van der Waals surface area contributed by atoms with Gasteiger partial charge in [0.05, 0.1) is 5.69 Å². The number of fused-ring (bicyclic) bond motifs is 1. The van der Waals surface area contributed by atoms with Gasteiger partial charge in [0.2, 0.25) is 0 Å². The number of amides is 2. The van der Waals surface area contributed by atoms with E-state index in [9.17, 15) is 9.59 Å². The van der Waals surface area contributed by atoms with Crippen molar-refractivity contribution >= 4 is 17.5 Å². The number of hydrogen-bond acceptors (Lipinski definition) is 3. The number of carbonyl (C=O) groups is 2. The third-order valence-electron chi connectivity index (χ3n) is 4.01. The summed E-state index contributed by atoms with van der Waals surface area (Å²) in [5.74, 6) is 0.306. The van der Waals surface area contributed by atoms with Gasteiger partial charge in [-0.15, -0.1) is 0 Å². The highest BCUT2D eigenvalue weighted by Gasteiger charge is 2.23. The number of aryl methyl sites for hydroxylation is 1. The Morgan fingerprint density at radius 2 is 2.04 bits per heavy atom. The van der Waals surface area contributed by atoms with Gasteiger partial charge in [0.1, 0.15) is 5.75 Å². The third-order valence-corrected chi connectivity index (χ3v) is 4.01. The van der Waals surface area contributed by atoms with Crippen LogP contribution in [0.1, 0.15) is 21.5 Å². The molecular weight excluding hydrogens is 292 g/mol. The molecule has 0 aliphatic carbocycles. The Hall–Kier alpha value is -2.82. The van der Waals surface area contributed by atoms with E-state index in [1.165, 1.54) is 4.90 Å². The number of nitrogens with one attached hydrogen (secondary N) is 1. The maximum Gasteiger partial charge on any atom is 0.264 e. The molecule has 5 heteroatoms. The zero-order valence-corrected chi connectivity index (χ0v) is 13.1. The first-order valence-electron chi connectivity index (χ1n) is 7.42. The standard InChI is InChI=1S/C18H18N2O3/c1-12-5-3-4-6-14(12)10-19-18(22)13-7-8-16-15(9-13)20(2)17(21)11-23-16/h3-9H,10-11H2,1-2H3,(H,19,22). The van der Waals surface area contributed by atoms with E-state index in [2.05, 4.69) is 5.32 Å². The molecule has 0 saturated carbocycles. The van der Waals surface area contributed by atoms with Gasteiger partial charge in [0.15, 0.2) is 6.61 Å². The molecular formula is C18H18N2O3.